The third-order valence-corrected chi connectivity index (χ3v) is 23.3. The van der Waals surface area contributed by atoms with Gasteiger partial charge in [-0.1, -0.05) is 85.1 Å². The van der Waals surface area contributed by atoms with Crippen molar-refractivity contribution in [3.05, 3.63) is 298 Å². The maximum absolute atomic E-state index is 13.2. The van der Waals surface area contributed by atoms with Crippen LogP contribution >= 0.6 is 0 Å². The summed E-state index contributed by atoms with van der Waals surface area (Å²) in [5.41, 5.74) is 21.0. The zero-order valence-electron chi connectivity index (χ0n) is 81.1. The number of aromatic nitrogens is 15. The molecule has 4 N–H and O–H groups in total. The Hall–Kier alpha value is -16.0. The van der Waals surface area contributed by atoms with Gasteiger partial charge in [-0.25, -0.2) is 33.8 Å². The predicted octanol–water partition coefficient (Wildman–Crippen LogP) is 13.0. The number of nitrogens with zero attached hydrogens (tertiary/aromatic N) is 18. The highest BCUT2D eigenvalue weighted by Gasteiger charge is 2.33. The van der Waals surface area contributed by atoms with Crippen LogP contribution in [0.15, 0.2) is 225 Å². The molecular weight excluding hydrogens is 1830 g/mol. The van der Waals surface area contributed by atoms with Gasteiger partial charge < -0.3 is 92.2 Å². The molecule has 5 aromatic carbocycles. The number of hydrogen-bond donors (Lipinski definition) is 4. The van der Waals surface area contributed by atoms with Crippen LogP contribution in [0.25, 0.3) is 56.3 Å². The van der Waals surface area contributed by atoms with E-state index >= 15 is 0 Å². The predicted molar refractivity (Wildman–Crippen MR) is 537 cm³/mol. The maximum atomic E-state index is 13.2. The molecule has 0 radical (unpaired) electrons. The number of hydrogen-bond acceptors (Lipinski definition) is 27. The Morgan fingerprint density at radius 1 is 0.476 bits per heavy atom. The highest BCUT2D eigenvalue weighted by Crippen LogP contribution is 2.45. The summed E-state index contributed by atoms with van der Waals surface area (Å²) in [6, 6.07) is 44.0. The number of aromatic carboxylic acids is 1. The Balaban J connectivity index is 0.000000180. The van der Waals surface area contributed by atoms with Crippen LogP contribution in [0.4, 0.5) is 22.7 Å². The number of aryl methyl sites for hydroxylation is 6. The van der Waals surface area contributed by atoms with Crippen LogP contribution in [0.1, 0.15) is 137 Å². The molecule has 0 saturated carbocycles. The summed E-state index contributed by atoms with van der Waals surface area (Å²) >= 11 is 0. The van der Waals surface area contributed by atoms with Crippen LogP contribution in [-0.2, 0) is 62.5 Å². The van der Waals surface area contributed by atoms with Gasteiger partial charge in [0.1, 0.15) is 45.9 Å². The van der Waals surface area contributed by atoms with Crippen molar-refractivity contribution in [2.75, 3.05) is 135 Å². The summed E-state index contributed by atoms with van der Waals surface area (Å²) in [6.07, 6.45) is 18.4. The Bertz CT molecular complexity index is 7010. The lowest BCUT2D eigenvalue weighted by atomic mass is 9.83. The summed E-state index contributed by atoms with van der Waals surface area (Å²) < 4.78 is 50.6. The van der Waals surface area contributed by atoms with Gasteiger partial charge in [-0.2, -0.15) is 0 Å². The third-order valence-electron chi connectivity index (χ3n) is 23.3. The Kier molecular flexibility index (Phi) is 34.7. The van der Waals surface area contributed by atoms with Crippen molar-refractivity contribution in [1.82, 2.24) is 88.4 Å². The van der Waals surface area contributed by atoms with Crippen LogP contribution in [0.5, 0.6) is 5.75 Å². The van der Waals surface area contributed by atoms with Gasteiger partial charge in [0.05, 0.1) is 146 Å². The summed E-state index contributed by atoms with van der Waals surface area (Å²) in [6.45, 7) is 24.2. The molecule has 38 nitrogen and oxygen atoms in total. The fraction of sp³-hybridized carbons (Fsp3) is 0.314. The molecule has 17 rings (SSSR count). The minimum atomic E-state index is -1.39. The lowest BCUT2D eigenvalue weighted by molar-refractivity contribution is -0.255. The summed E-state index contributed by atoms with van der Waals surface area (Å²) in [4.78, 5) is 111. The van der Waals surface area contributed by atoms with Gasteiger partial charge in [0, 0.05) is 180 Å². The number of likely N-dealkylation sites (N-methyl/N-ethyl adjacent to an activating group) is 1. The second kappa shape index (κ2) is 48.2. The van der Waals surface area contributed by atoms with Crippen molar-refractivity contribution in [3.63, 3.8) is 0 Å². The molecule has 1 aliphatic carbocycles. The highest BCUT2D eigenvalue weighted by molar-refractivity contribution is 6.11. The first-order valence-corrected chi connectivity index (χ1v) is 46.6. The first kappa shape index (κ1) is 103. The van der Waals surface area contributed by atoms with E-state index in [1.54, 1.807) is 44.4 Å². The number of amides is 5. The minimum absolute atomic E-state index is 0. The largest absolute Gasteiger partial charge is 0.545 e. The Labute approximate surface area is 826 Å². The molecule has 0 spiro atoms. The molecule has 38 heteroatoms. The maximum Gasteiger partial charge on any atom is 0.335 e. The van der Waals surface area contributed by atoms with Gasteiger partial charge in [-0.05, 0) is 169 Å². The molecule has 14 aromatic rings. The van der Waals surface area contributed by atoms with Gasteiger partial charge in [0.2, 0.25) is 0 Å². The first-order chi connectivity index (χ1) is 68.7. The highest BCUT2D eigenvalue weighted by atomic mass is 16.7. The molecule has 1 atom stereocenters. The van der Waals surface area contributed by atoms with E-state index < -0.39 is 23.9 Å². The van der Waals surface area contributed by atoms with Gasteiger partial charge in [-0.15, -0.1) is 20.4 Å². The van der Waals surface area contributed by atoms with Crippen molar-refractivity contribution in [2.24, 2.45) is 0 Å². The van der Waals surface area contributed by atoms with Crippen molar-refractivity contribution in [3.8, 4) is 39.5 Å². The van der Waals surface area contributed by atoms with E-state index in [1.807, 2.05) is 257 Å². The molecule has 9 aromatic heterocycles. The fourth-order valence-electron chi connectivity index (χ4n) is 16.0. The van der Waals surface area contributed by atoms with Crippen LogP contribution in [0.2, 0.25) is 0 Å². The van der Waals surface area contributed by atoms with E-state index in [1.165, 1.54) is 6.07 Å². The molecule has 5 amide bonds. The lowest BCUT2D eigenvalue weighted by Gasteiger charge is -2.33. The van der Waals surface area contributed by atoms with Crippen LogP contribution in [-0.4, -0.2) is 245 Å². The quantitative estimate of drug-likeness (QED) is 0.0259. The number of carbonyl (C=O) groups excluding carboxylic acids is 7. The molecular formula is C105H117N22O16-. The summed E-state index contributed by atoms with van der Waals surface area (Å²) in [5.74, 6) is -2.68. The van der Waals surface area contributed by atoms with Crippen LogP contribution in [0, 0.1) is 41.5 Å². The number of fused-ring (bicyclic) bond motifs is 5. The average molecular weight is 1940 g/mol. The van der Waals surface area contributed by atoms with E-state index in [2.05, 4.69) is 80.7 Å². The molecule has 11 heterocycles. The zero-order chi connectivity index (χ0) is 100. The number of carboxylic acid groups (broad SMARTS) is 1. The molecule has 1 saturated heterocycles. The van der Waals surface area contributed by atoms with Crippen molar-refractivity contribution >= 4 is 86.7 Å². The summed E-state index contributed by atoms with van der Waals surface area (Å²) in [5, 5.41) is 50.5. The average Bonchev–Trinajstić information content (AvgIpc) is 1.62. The van der Waals surface area contributed by atoms with E-state index in [9.17, 15) is 38.7 Å². The van der Waals surface area contributed by atoms with Crippen molar-refractivity contribution in [2.45, 2.75) is 107 Å². The second-order valence-electron chi connectivity index (χ2n) is 34.3. The third kappa shape index (κ3) is 26.2. The standard InChI is InChI=1S/C49H51N9O7.C30H33N7O6.C25H30N6O3.CH4/c1-30-25-31(2)58-19-17-40(46(58)51-30)48(60)52-34-10-7-32(8-11-34)42-29-57(54-53-42)20-22-64-24-23-63-21-18-50-47(59)33-9-14-37(41(26-33)49(61)62)45-38-15-12-35(55(3)4)27-43(38)65-44-28-36(56(5)6)13-16-39(44)45;1-20-18-22(3)36-12-10-25(29(36)31-20)30(40)32-24-7-5-23(6-8-24)26-19-35(34-33-26)13-15-42-17-16-41-14-11-28(39)43-37-21(2)4-9-27(37)38;1-4-12-33-14-15-34-13-11-30-17-23(28-29-30)20-5-7-21(8-6-20)27-25(32)22-9-10-31-19(3)16-18(2)26-24(22)31;/h7-17,19,25-29,43H,18,20-24H2,1-6H3,(H,50,59)(H,52,60)(H,61,62);5-8,10,12,18-19H,2,4,9,11,13-17H2,1,3H3,(H,32,40);5-10,16-17H,4,11-15H2,1-3H3,(H,27,32);1H4/p-1. The Morgan fingerprint density at radius 3 is 1.31 bits per heavy atom. The van der Waals surface area contributed by atoms with E-state index in [4.69, 9.17) is 38.0 Å². The number of nitrogens with one attached hydrogen (secondary N) is 4. The smallest absolute Gasteiger partial charge is 0.335 e. The topological polar surface area (TPSA) is 418 Å². The van der Waals surface area contributed by atoms with E-state index in [-0.39, 0.29) is 68.4 Å². The molecule has 143 heavy (non-hydrogen) atoms. The molecule has 1 unspecified atom stereocenters. The summed E-state index contributed by atoms with van der Waals surface area (Å²) in [7, 11) is 7.79. The number of allylic oxidation sites excluding steroid dienone is 2. The lowest BCUT2D eigenvalue weighted by Crippen LogP contribution is -2.30. The number of carbonyl (C=O) groups is 7. The van der Waals surface area contributed by atoms with Crippen LogP contribution < -0.4 is 36.0 Å². The second-order valence-corrected chi connectivity index (χ2v) is 34.3. The normalized spacial score (nSPS) is 13.0. The van der Waals surface area contributed by atoms with Gasteiger partial charge in [-0.3, -0.25) is 24.0 Å². The number of rotatable bonds is 41. The van der Waals surface area contributed by atoms with Crippen molar-refractivity contribution < 1.29 is 76.7 Å². The first-order valence-electron chi connectivity index (χ1n) is 46.6. The van der Waals surface area contributed by atoms with Gasteiger partial charge in [0.15, 0.2) is 0 Å². The molecule has 1 fully saturated rings. The number of benzene rings is 5. The van der Waals surface area contributed by atoms with E-state index in [0.29, 0.717) is 177 Å². The molecule has 0 bridgehead atoms. The van der Waals surface area contributed by atoms with Crippen molar-refractivity contribution in [1.29, 1.82) is 0 Å². The zero-order valence-corrected chi connectivity index (χ0v) is 81.1. The number of ether oxygens (including phenoxy) is 7. The molecule has 744 valence electrons. The molecule has 3 aliphatic rings. The minimum Gasteiger partial charge on any atom is -0.545 e. The van der Waals surface area contributed by atoms with E-state index in [0.717, 1.165) is 97.2 Å². The fourth-order valence-corrected chi connectivity index (χ4v) is 16.0. The Morgan fingerprint density at radius 2 is 0.902 bits per heavy atom. The van der Waals surface area contributed by atoms with Gasteiger partial charge in [0.25, 0.3) is 29.5 Å². The SMILES string of the molecule is C.C=C1CCC(=O)N1OC(=O)CCOCCOCCn1cc(-c2ccc(NC(=O)c3ccn4c(C)cc(C)nc34)cc2)nn1.CCCOCCOCCn1cc(-c2ccc(NC(=O)c3ccn4c(C)cc(C)nc34)cc2)nn1.Cc1cc(C)n2ccc(C(=O)Nc3ccc(-c4cn(CCOCCOCCNC(=O)c5ccc(C6=C7C=CC(N(C)C)=CC7Oc7cc(N(C)C)ccc76)c(C(=O)[O-])c5)nn4)cc3)c2n1. The van der Waals surface area contributed by atoms with Gasteiger partial charge >= 0.3 is 5.97 Å². The van der Waals surface area contributed by atoms with Crippen LogP contribution in [0.3, 0.4) is 0 Å². The number of hydroxylamine groups is 2. The number of carboxylic acids is 1. The molecule has 2 aliphatic heterocycles. The monoisotopic (exact) mass is 1940 g/mol. The number of anilines is 4.